The van der Waals surface area contributed by atoms with Gasteiger partial charge in [-0.25, -0.2) is 15.0 Å². The summed E-state index contributed by atoms with van der Waals surface area (Å²) in [6.45, 7) is 3.49. The molecule has 0 saturated heterocycles. The van der Waals surface area contributed by atoms with Crippen molar-refractivity contribution in [3.63, 3.8) is 0 Å². The van der Waals surface area contributed by atoms with E-state index in [0.29, 0.717) is 19.8 Å². The molecule has 0 saturated carbocycles. The van der Waals surface area contributed by atoms with E-state index in [1.165, 1.54) is 0 Å². The van der Waals surface area contributed by atoms with Crippen molar-refractivity contribution in [3.8, 4) is 17.2 Å². The first-order chi connectivity index (χ1) is 12.7. The van der Waals surface area contributed by atoms with E-state index in [4.69, 9.17) is 14.2 Å². The highest BCUT2D eigenvalue weighted by Crippen LogP contribution is 2.23. The molecule has 3 heterocycles. The normalized spacial score (nSPS) is 11.0. The molecule has 0 bridgehead atoms. The molecular formula is C20H24N3O3+3. The summed E-state index contributed by atoms with van der Waals surface area (Å²) in [7, 11) is 0. The number of aromatic amines is 3. The van der Waals surface area contributed by atoms with E-state index in [1.54, 1.807) is 0 Å². The third kappa shape index (κ3) is 5.44. The third-order valence-electron chi connectivity index (χ3n) is 3.82. The van der Waals surface area contributed by atoms with Crippen LogP contribution in [-0.2, 0) is 0 Å². The molecule has 3 aromatic rings. The van der Waals surface area contributed by atoms with Gasteiger partial charge in [0.05, 0.1) is 5.41 Å². The summed E-state index contributed by atoms with van der Waals surface area (Å²) in [4.78, 5) is 8.96. The number of nitrogens with one attached hydrogen (secondary N) is 3. The number of hydrogen-bond acceptors (Lipinski definition) is 3. The van der Waals surface area contributed by atoms with Crippen molar-refractivity contribution in [2.24, 2.45) is 5.41 Å². The summed E-state index contributed by atoms with van der Waals surface area (Å²) >= 11 is 0. The van der Waals surface area contributed by atoms with Gasteiger partial charge in [0.15, 0.2) is 37.2 Å². The topological polar surface area (TPSA) is 70.1 Å². The van der Waals surface area contributed by atoms with Crippen molar-refractivity contribution >= 4 is 0 Å². The molecule has 6 heteroatoms. The highest BCUT2D eigenvalue weighted by atomic mass is 16.5. The van der Waals surface area contributed by atoms with E-state index in [-0.39, 0.29) is 5.41 Å². The number of H-pyrrole nitrogens is 3. The van der Waals surface area contributed by atoms with E-state index in [1.807, 2.05) is 73.6 Å². The third-order valence-corrected chi connectivity index (χ3v) is 3.82. The molecule has 0 radical (unpaired) electrons. The SMILES string of the molecule is CC(COc1cc[nH+]cc1)(COc1cc[nH+]cc1)COc1cc[nH+]cc1. The Balaban J connectivity index is 1.64. The standard InChI is InChI=1S/C20H21N3O3/c1-20(14-24-17-2-8-21-9-3-17,15-25-18-4-10-22-11-5-18)16-26-19-6-12-23-13-7-19/h2-13H,14-16H2,1H3/p+3. The largest absolute Gasteiger partial charge is 0.492 e. The molecule has 0 aliphatic heterocycles. The van der Waals surface area contributed by atoms with Crippen LogP contribution in [0.1, 0.15) is 6.92 Å². The fourth-order valence-corrected chi connectivity index (χ4v) is 2.30. The molecule has 3 aromatic heterocycles. The molecule has 0 aliphatic rings. The first-order valence-electron chi connectivity index (χ1n) is 8.50. The number of pyridine rings is 3. The minimum Gasteiger partial charge on any atom is -0.492 e. The molecule has 0 spiro atoms. The van der Waals surface area contributed by atoms with Crippen LogP contribution in [0.15, 0.2) is 73.6 Å². The Labute approximate surface area is 152 Å². The smallest absolute Gasteiger partial charge is 0.170 e. The van der Waals surface area contributed by atoms with E-state index >= 15 is 0 Å². The van der Waals surface area contributed by atoms with Gasteiger partial charge in [-0.2, -0.15) is 0 Å². The molecule has 26 heavy (non-hydrogen) atoms. The average Bonchev–Trinajstić information content (AvgIpc) is 2.72. The van der Waals surface area contributed by atoms with E-state index in [2.05, 4.69) is 21.9 Å². The summed E-state index contributed by atoms with van der Waals surface area (Å²) in [6, 6.07) is 11.3. The second kappa shape index (κ2) is 8.80. The van der Waals surface area contributed by atoms with E-state index in [9.17, 15) is 0 Å². The van der Waals surface area contributed by atoms with Crippen molar-refractivity contribution in [3.05, 3.63) is 73.6 Å². The van der Waals surface area contributed by atoms with Crippen LogP contribution in [0.2, 0.25) is 0 Å². The van der Waals surface area contributed by atoms with Gasteiger partial charge in [0.25, 0.3) is 0 Å². The molecule has 0 atom stereocenters. The first kappa shape index (κ1) is 17.7. The molecular weight excluding hydrogens is 330 g/mol. The van der Waals surface area contributed by atoms with E-state index < -0.39 is 0 Å². The van der Waals surface area contributed by atoms with Crippen LogP contribution >= 0.6 is 0 Å². The van der Waals surface area contributed by atoms with Crippen LogP contribution in [0, 0.1) is 5.41 Å². The van der Waals surface area contributed by atoms with Gasteiger partial charge < -0.3 is 14.2 Å². The lowest BCUT2D eigenvalue weighted by molar-refractivity contribution is -0.378. The molecule has 0 fully saturated rings. The van der Waals surface area contributed by atoms with Crippen molar-refractivity contribution in [2.45, 2.75) is 6.92 Å². The van der Waals surface area contributed by atoms with Crippen LogP contribution in [0.5, 0.6) is 17.2 Å². The van der Waals surface area contributed by atoms with Crippen molar-refractivity contribution in [1.82, 2.24) is 0 Å². The minimum absolute atomic E-state index is 0.335. The molecule has 0 amide bonds. The number of aromatic nitrogens is 3. The summed E-state index contributed by atoms with van der Waals surface area (Å²) in [5.74, 6) is 2.41. The van der Waals surface area contributed by atoms with Crippen LogP contribution in [0.4, 0.5) is 0 Å². The van der Waals surface area contributed by atoms with Gasteiger partial charge in [0.2, 0.25) is 0 Å². The molecule has 3 N–H and O–H groups in total. The predicted octanol–water partition coefficient (Wildman–Crippen LogP) is 1.67. The zero-order valence-corrected chi connectivity index (χ0v) is 14.8. The second-order valence-corrected chi connectivity index (χ2v) is 6.38. The zero-order valence-electron chi connectivity index (χ0n) is 14.8. The van der Waals surface area contributed by atoms with Crippen molar-refractivity contribution in [1.29, 1.82) is 0 Å². The van der Waals surface area contributed by atoms with Crippen LogP contribution in [-0.4, -0.2) is 19.8 Å². The van der Waals surface area contributed by atoms with Gasteiger partial charge in [-0.1, -0.05) is 0 Å². The fourth-order valence-electron chi connectivity index (χ4n) is 2.30. The second-order valence-electron chi connectivity index (χ2n) is 6.38. The quantitative estimate of drug-likeness (QED) is 0.587. The first-order valence-corrected chi connectivity index (χ1v) is 8.50. The lowest BCUT2D eigenvalue weighted by atomic mass is 9.94. The lowest BCUT2D eigenvalue weighted by Crippen LogP contribution is -2.38. The Kier molecular flexibility index (Phi) is 5.98. The van der Waals surface area contributed by atoms with Gasteiger partial charge >= 0.3 is 0 Å². The van der Waals surface area contributed by atoms with E-state index in [0.717, 1.165) is 17.2 Å². The summed E-state index contributed by atoms with van der Waals surface area (Å²) in [6.07, 6.45) is 11.0. The molecule has 3 rings (SSSR count). The molecule has 0 aliphatic carbocycles. The van der Waals surface area contributed by atoms with Gasteiger partial charge in [0, 0.05) is 36.4 Å². The maximum Gasteiger partial charge on any atom is 0.170 e. The number of hydrogen-bond donors (Lipinski definition) is 0. The number of rotatable bonds is 9. The van der Waals surface area contributed by atoms with Crippen LogP contribution in [0.25, 0.3) is 0 Å². The van der Waals surface area contributed by atoms with Crippen molar-refractivity contribution in [2.75, 3.05) is 19.8 Å². The summed E-state index contributed by atoms with van der Waals surface area (Å²) < 4.78 is 17.9. The summed E-state index contributed by atoms with van der Waals surface area (Å²) in [5, 5.41) is 0. The molecule has 0 unspecified atom stereocenters. The monoisotopic (exact) mass is 354 g/mol. The molecule has 0 aromatic carbocycles. The Morgan fingerprint density at radius 3 is 1.12 bits per heavy atom. The Morgan fingerprint density at radius 2 is 0.846 bits per heavy atom. The Morgan fingerprint density at radius 1 is 0.577 bits per heavy atom. The summed E-state index contributed by atoms with van der Waals surface area (Å²) in [5.41, 5.74) is -0.335. The molecule has 6 nitrogen and oxygen atoms in total. The predicted molar refractivity (Wildman–Crippen MR) is 93.6 cm³/mol. The lowest BCUT2D eigenvalue weighted by Gasteiger charge is -2.29. The highest BCUT2D eigenvalue weighted by molar-refractivity contribution is 5.17. The highest BCUT2D eigenvalue weighted by Gasteiger charge is 2.28. The van der Waals surface area contributed by atoms with Gasteiger partial charge in [-0.05, 0) is 6.92 Å². The van der Waals surface area contributed by atoms with Crippen LogP contribution < -0.4 is 29.2 Å². The van der Waals surface area contributed by atoms with Gasteiger partial charge in [-0.15, -0.1) is 0 Å². The average molecular weight is 354 g/mol. The zero-order chi connectivity index (χ0) is 18.1. The van der Waals surface area contributed by atoms with Crippen molar-refractivity contribution < 1.29 is 29.2 Å². The maximum absolute atomic E-state index is 5.96. The van der Waals surface area contributed by atoms with Gasteiger partial charge in [-0.3, -0.25) is 0 Å². The molecule has 134 valence electrons. The minimum atomic E-state index is -0.335. The maximum atomic E-state index is 5.96. The fraction of sp³-hybridized carbons (Fsp3) is 0.250. The van der Waals surface area contributed by atoms with Crippen LogP contribution in [0.3, 0.4) is 0 Å². The Bertz CT molecular complexity index is 664. The Hall–Kier alpha value is -3.15. The van der Waals surface area contributed by atoms with Gasteiger partial charge in [0.1, 0.15) is 37.1 Å². The number of ether oxygens (including phenoxy) is 3.